The molecule has 2 amide bonds. The minimum absolute atomic E-state index is 0.0158. The zero-order valence-corrected chi connectivity index (χ0v) is 17.7. The summed E-state index contributed by atoms with van der Waals surface area (Å²) in [6.07, 6.45) is 3.49. The Hall–Kier alpha value is -3.38. The number of rotatable bonds is 2. The van der Waals surface area contributed by atoms with Crippen molar-refractivity contribution in [2.24, 2.45) is 0 Å². The largest absolute Gasteiger partial charge is 0.454 e. The van der Waals surface area contributed by atoms with Crippen molar-refractivity contribution >= 4 is 23.7 Å². The number of ether oxygens (including phenoxy) is 1. The van der Waals surface area contributed by atoms with Crippen LogP contribution in [0.3, 0.4) is 0 Å². The van der Waals surface area contributed by atoms with E-state index in [-0.39, 0.29) is 29.8 Å². The Morgan fingerprint density at radius 1 is 1.06 bits per heavy atom. The van der Waals surface area contributed by atoms with Gasteiger partial charge in [0.2, 0.25) is 17.8 Å². The molecular weight excluding hydrogens is 443 g/mol. The topological polar surface area (TPSA) is 130 Å². The lowest BCUT2D eigenvalue weighted by Crippen LogP contribution is -2.42. The number of nitrogens with one attached hydrogen (secondary N) is 4. The van der Waals surface area contributed by atoms with E-state index in [1.807, 2.05) is 0 Å². The van der Waals surface area contributed by atoms with Gasteiger partial charge in [-0.25, -0.2) is 0 Å². The molecule has 1 aromatic rings. The lowest BCUT2D eigenvalue weighted by molar-refractivity contribution is -0.154. The molecule has 1 atom stereocenters. The number of halogens is 3. The van der Waals surface area contributed by atoms with Crippen LogP contribution in [0.5, 0.6) is 6.01 Å². The summed E-state index contributed by atoms with van der Waals surface area (Å²) in [7, 11) is 0. The maximum Gasteiger partial charge on any atom is 0.422 e. The molecule has 0 aromatic carbocycles. The van der Waals surface area contributed by atoms with Gasteiger partial charge in [0, 0.05) is 18.7 Å². The fourth-order valence-electron chi connectivity index (χ4n) is 3.42. The predicted molar refractivity (Wildman–Crippen MR) is 111 cm³/mol. The van der Waals surface area contributed by atoms with E-state index >= 15 is 0 Å². The van der Waals surface area contributed by atoms with Crippen LogP contribution in [0.15, 0.2) is 23.8 Å². The van der Waals surface area contributed by atoms with Crippen LogP contribution in [0.4, 0.5) is 25.1 Å². The van der Waals surface area contributed by atoms with Crippen molar-refractivity contribution in [2.75, 3.05) is 30.3 Å². The van der Waals surface area contributed by atoms with Gasteiger partial charge in [-0.3, -0.25) is 9.59 Å². The first-order valence-corrected chi connectivity index (χ1v) is 10.7. The molecule has 1 saturated carbocycles. The van der Waals surface area contributed by atoms with Gasteiger partial charge in [0.05, 0.1) is 6.04 Å². The molecule has 1 unspecified atom stereocenters. The van der Waals surface area contributed by atoms with Crippen molar-refractivity contribution in [2.45, 2.75) is 49.9 Å². The van der Waals surface area contributed by atoms with Gasteiger partial charge in [0.15, 0.2) is 6.61 Å². The Morgan fingerprint density at radius 2 is 1.79 bits per heavy atom. The van der Waals surface area contributed by atoms with Crippen molar-refractivity contribution in [3.8, 4) is 6.01 Å². The van der Waals surface area contributed by atoms with Gasteiger partial charge < -0.3 is 26.0 Å². The lowest BCUT2D eigenvalue weighted by Gasteiger charge is -2.21. The number of fused-ring (bicyclic) bond motifs is 8. The Bertz CT molecular complexity index is 976. The van der Waals surface area contributed by atoms with Gasteiger partial charge in [-0.05, 0) is 32.1 Å². The highest BCUT2D eigenvalue weighted by Crippen LogP contribution is 2.39. The number of carbonyl (C=O) groups is 2. The summed E-state index contributed by atoms with van der Waals surface area (Å²) in [5.74, 6) is -0.513. The maximum absolute atomic E-state index is 12.7. The van der Waals surface area contributed by atoms with Crippen LogP contribution in [0, 0.1) is 0 Å². The first kappa shape index (κ1) is 22.8. The lowest BCUT2D eigenvalue weighted by atomic mass is 10.0. The second-order valence-electron chi connectivity index (χ2n) is 8.10. The fourth-order valence-corrected chi connectivity index (χ4v) is 3.42. The molecule has 178 valence electrons. The number of anilines is 2. The molecule has 1 fully saturated rings. The Balaban J connectivity index is 1.58. The molecule has 0 radical (unpaired) electrons. The highest BCUT2D eigenvalue weighted by molar-refractivity contribution is 5.96. The van der Waals surface area contributed by atoms with Gasteiger partial charge in [-0.2, -0.15) is 28.1 Å². The van der Waals surface area contributed by atoms with Gasteiger partial charge in [-0.15, -0.1) is 0 Å². The molecule has 0 saturated heterocycles. The highest BCUT2D eigenvalue weighted by atomic mass is 19.4. The molecule has 33 heavy (non-hydrogen) atoms. The second kappa shape index (κ2) is 9.24. The van der Waals surface area contributed by atoms with Crippen molar-refractivity contribution in [3.63, 3.8) is 0 Å². The molecular formula is C20H24F3N7O3. The van der Waals surface area contributed by atoms with Crippen molar-refractivity contribution in [3.05, 3.63) is 23.8 Å². The fraction of sp³-hybridized carbons (Fsp3) is 0.550. The Labute approximate surface area is 187 Å². The van der Waals surface area contributed by atoms with E-state index < -0.39 is 24.3 Å². The number of hydrogen-bond donors (Lipinski definition) is 4. The van der Waals surface area contributed by atoms with Crippen molar-refractivity contribution in [1.82, 2.24) is 25.6 Å². The molecule has 13 heteroatoms. The van der Waals surface area contributed by atoms with E-state index in [1.54, 1.807) is 18.2 Å². The third kappa shape index (κ3) is 6.11. The summed E-state index contributed by atoms with van der Waals surface area (Å²) in [4.78, 5) is 37.0. The van der Waals surface area contributed by atoms with Gasteiger partial charge >= 0.3 is 12.2 Å². The number of amides is 2. The van der Waals surface area contributed by atoms with Crippen LogP contribution in [0.1, 0.15) is 32.1 Å². The average molecular weight is 467 g/mol. The van der Waals surface area contributed by atoms with E-state index in [9.17, 15) is 22.8 Å². The second-order valence-corrected chi connectivity index (χ2v) is 8.10. The summed E-state index contributed by atoms with van der Waals surface area (Å²) >= 11 is 0. The van der Waals surface area contributed by atoms with Crippen LogP contribution in [0.2, 0.25) is 0 Å². The quantitative estimate of drug-likeness (QED) is 0.514. The van der Waals surface area contributed by atoms with Crippen LogP contribution < -0.4 is 26.0 Å². The molecule has 10 nitrogen and oxygen atoms in total. The zero-order chi connectivity index (χ0) is 23.5. The average Bonchev–Trinajstić information content (AvgIpc) is 3.54. The van der Waals surface area contributed by atoms with E-state index in [1.165, 1.54) is 0 Å². The molecule has 4 aliphatic rings. The van der Waals surface area contributed by atoms with Gasteiger partial charge in [0.1, 0.15) is 5.54 Å². The highest BCUT2D eigenvalue weighted by Gasteiger charge is 2.50. The number of nitrogens with zero attached hydrogens (tertiary/aromatic N) is 3. The number of aromatic nitrogens is 3. The van der Waals surface area contributed by atoms with E-state index in [0.717, 1.165) is 0 Å². The van der Waals surface area contributed by atoms with Crippen LogP contribution in [-0.4, -0.2) is 64.2 Å². The molecule has 1 aromatic heterocycles. The first-order chi connectivity index (χ1) is 15.7. The molecule has 1 spiro atoms. The van der Waals surface area contributed by atoms with Gasteiger partial charge in [0.25, 0.3) is 5.91 Å². The van der Waals surface area contributed by atoms with Crippen LogP contribution >= 0.6 is 0 Å². The van der Waals surface area contributed by atoms with Crippen LogP contribution in [-0.2, 0) is 9.59 Å². The maximum atomic E-state index is 12.7. The number of hydrogen-bond acceptors (Lipinski definition) is 8. The number of alkyl halides is 3. The third-order valence-corrected chi connectivity index (χ3v) is 5.37. The van der Waals surface area contributed by atoms with Crippen molar-refractivity contribution < 1.29 is 27.5 Å². The minimum atomic E-state index is -4.57. The molecule has 3 heterocycles. The van der Waals surface area contributed by atoms with Crippen LogP contribution in [0.25, 0.3) is 0 Å². The Morgan fingerprint density at radius 3 is 2.45 bits per heavy atom. The standard InChI is InChI=1S/C20H24F3N7O3/c21-20(22,23)11-33-18-28-16-26-13-5-3-12(4-6-13)14(31)24-9-1-2-10-25-15(32)19(7-8-19)30-17(27-16)29-18/h3-5,13H,1-2,6-11H2,(H,24,31)(H,25,32)(H2,26,27,28,29,30). The summed E-state index contributed by atoms with van der Waals surface area (Å²) in [5, 5.41) is 11.6. The first-order valence-electron chi connectivity index (χ1n) is 10.7. The summed E-state index contributed by atoms with van der Waals surface area (Å²) in [5.41, 5.74) is -0.410. The molecule has 4 N–H and O–H groups in total. The van der Waals surface area contributed by atoms with Gasteiger partial charge in [-0.1, -0.05) is 18.2 Å². The molecule has 2 aliphatic carbocycles. The summed E-state index contributed by atoms with van der Waals surface area (Å²) < 4.78 is 42.6. The molecule has 4 bridgehead atoms. The van der Waals surface area contributed by atoms with E-state index in [2.05, 4.69) is 36.2 Å². The minimum Gasteiger partial charge on any atom is -0.454 e. The van der Waals surface area contributed by atoms with E-state index in [0.29, 0.717) is 50.8 Å². The molecule has 2 aliphatic heterocycles. The number of carbonyl (C=O) groups excluding carboxylic acids is 2. The smallest absolute Gasteiger partial charge is 0.422 e. The normalized spacial score (nSPS) is 22.8. The van der Waals surface area contributed by atoms with Crippen molar-refractivity contribution in [1.29, 1.82) is 0 Å². The monoisotopic (exact) mass is 467 g/mol. The predicted octanol–water partition coefficient (Wildman–Crippen LogP) is 1.45. The summed E-state index contributed by atoms with van der Waals surface area (Å²) in [6.45, 7) is -0.646. The van der Waals surface area contributed by atoms with E-state index in [4.69, 9.17) is 4.74 Å². The SMILES string of the molecule is O=C1NCCCCNC(=O)C2(CC2)Nc2nc(nc(OCC(F)(F)F)n2)NC2C=CC1=CC2. The zero-order valence-electron chi connectivity index (χ0n) is 17.7. The Kier molecular flexibility index (Phi) is 6.38. The third-order valence-electron chi connectivity index (χ3n) is 5.37. The molecule has 5 rings (SSSR count). The summed E-state index contributed by atoms with van der Waals surface area (Å²) in [6, 6.07) is -0.822.